The minimum Gasteiger partial charge on any atom is -0.392 e. The molecule has 0 aliphatic rings. The number of tetrazole rings is 1. The molecule has 78 valence electrons. The van der Waals surface area contributed by atoms with Crippen LogP contribution in [0, 0.1) is 0 Å². The Balaban J connectivity index is 2.14. The van der Waals surface area contributed by atoms with Gasteiger partial charge in [0.05, 0.1) is 6.61 Å². The number of aromatic nitrogens is 5. The molecule has 0 amide bonds. The largest absolute Gasteiger partial charge is 0.392 e. The Bertz CT molecular complexity index is 441. The zero-order chi connectivity index (χ0) is 10.7. The van der Waals surface area contributed by atoms with E-state index in [1.165, 1.54) is 11.8 Å². The molecule has 0 spiro atoms. The standard InChI is InChI=1S/C8H9N5OS/c1-13-8(10-11-12-13)15-7-3-2-6(5-14)4-9-7/h2-4,14H,5H2,1H3. The molecule has 0 atom stereocenters. The maximum atomic E-state index is 8.85. The van der Waals surface area contributed by atoms with E-state index in [1.807, 2.05) is 12.1 Å². The molecular formula is C8H9N5OS. The molecule has 1 N–H and O–H groups in total. The van der Waals surface area contributed by atoms with Gasteiger partial charge in [0, 0.05) is 13.2 Å². The van der Waals surface area contributed by atoms with Gasteiger partial charge in [0.2, 0.25) is 5.16 Å². The van der Waals surface area contributed by atoms with Gasteiger partial charge in [-0.15, -0.1) is 5.10 Å². The first kappa shape index (κ1) is 10.1. The van der Waals surface area contributed by atoms with Crippen molar-refractivity contribution in [3.05, 3.63) is 23.9 Å². The fourth-order valence-electron chi connectivity index (χ4n) is 0.966. The Hall–Kier alpha value is -1.47. The van der Waals surface area contributed by atoms with Crippen LogP contribution in [0.5, 0.6) is 0 Å². The Morgan fingerprint density at radius 2 is 2.33 bits per heavy atom. The molecule has 0 aliphatic carbocycles. The molecule has 0 unspecified atom stereocenters. The number of hydrogen-bond acceptors (Lipinski definition) is 6. The Kier molecular flexibility index (Phi) is 2.93. The van der Waals surface area contributed by atoms with Gasteiger partial charge in [0.1, 0.15) is 5.03 Å². The van der Waals surface area contributed by atoms with Crippen molar-refractivity contribution in [2.45, 2.75) is 16.8 Å². The van der Waals surface area contributed by atoms with E-state index in [4.69, 9.17) is 5.11 Å². The number of aryl methyl sites for hydroxylation is 1. The number of aliphatic hydroxyl groups excluding tert-OH is 1. The molecule has 0 fully saturated rings. The molecule has 0 radical (unpaired) electrons. The van der Waals surface area contributed by atoms with Crippen LogP contribution >= 0.6 is 11.8 Å². The summed E-state index contributed by atoms with van der Waals surface area (Å²) in [7, 11) is 1.77. The zero-order valence-electron chi connectivity index (χ0n) is 8.03. The topological polar surface area (TPSA) is 76.7 Å². The van der Waals surface area contributed by atoms with Crippen LogP contribution in [0.4, 0.5) is 0 Å². The van der Waals surface area contributed by atoms with E-state index >= 15 is 0 Å². The average Bonchev–Trinajstić information content (AvgIpc) is 2.66. The molecule has 0 saturated carbocycles. The van der Waals surface area contributed by atoms with Crippen molar-refractivity contribution in [3.63, 3.8) is 0 Å². The monoisotopic (exact) mass is 223 g/mol. The van der Waals surface area contributed by atoms with E-state index < -0.39 is 0 Å². The summed E-state index contributed by atoms with van der Waals surface area (Å²) in [6, 6.07) is 3.64. The third-order valence-corrected chi connectivity index (χ3v) is 2.74. The van der Waals surface area contributed by atoms with Gasteiger partial charge in [-0.05, 0) is 33.8 Å². The Morgan fingerprint density at radius 1 is 1.47 bits per heavy atom. The van der Waals surface area contributed by atoms with Crippen LogP contribution in [-0.2, 0) is 13.7 Å². The minimum atomic E-state index is 0.00344. The molecule has 0 aromatic carbocycles. The maximum absolute atomic E-state index is 8.85. The van der Waals surface area contributed by atoms with E-state index in [0.29, 0.717) is 5.16 Å². The van der Waals surface area contributed by atoms with E-state index in [9.17, 15) is 0 Å². The smallest absolute Gasteiger partial charge is 0.215 e. The Labute approximate surface area is 90.3 Å². The third kappa shape index (κ3) is 2.31. The lowest BCUT2D eigenvalue weighted by Crippen LogP contribution is -1.93. The van der Waals surface area contributed by atoms with E-state index in [1.54, 1.807) is 17.9 Å². The van der Waals surface area contributed by atoms with Crippen molar-refractivity contribution in [2.24, 2.45) is 7.05 Å². The van der Waals surface area contributed by atoms with Crippen molar-refractivity contribution in [1.29, 1.82) is 0 Å². The highest BCUT2D eigenvalue weighted by molar-refractivity contribution is 7.99. The fourth-order valence-corrected chi connectivity index (χ4v) is 1.64. The van der Waals surface area contributed by atoms with Crippen molar-refractivity contribution in [2.75, 3.05) is 0 Å². The lowest BCUT2D eigenvalue weighted by molar-refractivity contribution is 0.281. The first-order chi connectivity index (χ1) is 7.29. The van der Waals surface area contributed by atoms with Crippen LogP contribution in [0.1, 0.15) is 5.56 Å². The van der Waals surface area contributed by atoms with Gasteiger partial charge in [-0.25, -0.2) is 9.67 Å². The summed E-state index contributed by atoms with van der Waals surface area (Å²) in [6.45, 7) is 0.00344. The highest BCUT2D eigenvalue weighted by atomic mass is 32.2. The molecule has 0 aliphatic heterocycles. The Morgan fingerprint density at radius 3 is 2.87 bits per heavy atom. The minimum absolute atomic E-state index is 0.00344. The number of nitrogens with zero attached hydrogens (tertiary/aromatic N) is 5. The summed E-state index contributed by atoms with van der Waals surface area (Å²) in [5.74, 6) is 0. The second-order valence-electron chi connectivity index (χ2n) is 2.85. The summed E-state index contributed by atoms with van der Waals surface area (Å²) < 4.78 is 1.58. The predicted octanol–water partition coefficient (Wildman–Crippen LogP) is 0.249. The highest BCUT2D eigenvalue weighted by Gasteiger charge is 2.05. The molecule has 0 bridgehead atoms. The second kappa shape index (κ2) is 4.37. The van der Waals surface area contributed by atoms with Crippen molar-refractivity contribution >= 4 is 11.8 Å². The summed E-state index contributed by atoms with van der Waals surface area (Å²) in [5.41, 5.74) is 0.787. The van der Waals surface area contributed by atoms with Crippen LogP contribution in [0.3, 0.4) is 0 Å². The van der Waals surface area contributed by atoms with E-state index in [-0.39, 0.29) is 6.61 Å². The average molecular weight is 223 g/mol. The van der Waals surface area contributed by atoms with Gasteiger partial charge < -0.3 is 5.11 Å². The van der Waals surface area contributed by atoms with Crippen molar-refractivity contribution in [1.82, 2.24) is 25.2 Å². The molecule has 15 heavy (non-hydrogen) atoms. The molecule has 2 rings (SSSR count). The van der Waals surface area contributed by atoms with Gasteiger partial charge >= 0.3 is 0 Å². The summed E-state index contributed by atoms with van der Waals surface area (Å²) >= 11 is 1.37. The number of hydrogen-bond donors (Lipinski definition) is 1. The van der Waals surface area contributed by atoms with Crippen molar-refractivity contribution in [3.8, 4) is 0 Å². The van der Waals surface area contributed by atoms with Crippen molar-refractivity contribution < 1.29 is 5.11 Å². The van der Waals surface area contributed by atoms with Gasteiger partial charge in [-0.2, -0.15) is 0 Å². The van der Waals surface area contributed by atoms with Crippen LogP contribution < -0.4 is 0 Å². The molecule has 2 aromatic heterocycles. The van der Waals surface area contributed by atoms with Crippen LogP contribution in [0.15, 0.2) is 28.5 Å². The first-order valence-corrected chi connectivity index (χ1v) is 5.07. The molecular weight excluding hydrogens is 214 g/mol. The summed E-state index contributed by atoms with van der Waals surface area (Å²) in [5, 5.41) is 21.4. The number of rotatable bonds is 3. The SMILES string of the molecule is Cn1nnnc1Sc1ccc(CO)cn1. The molecule has 7 heteroatoms. The van der Waals surface area contributed by atoms with Gasteiger partial charge in [0.15, 0.2) is 0 Å². The molecule has 0 saturated heterocycles. The molecule has 2 aromatic rings. The van der Waals surface area contributed by atoms with Gasteiger partial charge in [0.25, 0.3) is 0 Å². The predicted molar refractivity (Wildman–Crippen MR) is 53.1 cm³/mol. The quantitative estimate of drug-likeness (QED) is 0.803. The van der Waals surface area contributed by atoms with E-state index in [0.717, 1.165) is 10.6 Å². The number of pyridine rings is 1. The lowest BCUT2D eigenvalue weighted by Gasteiger charge is -1.99. The third-order valence-electron chi connectivity index (χ3n) is 1.76. The normalized spacial score (nSPS) is 10.5. The van der Waals surface area contributed by atoms with E-state index in [2.05, 4.69) is 20.5 Å². The zero-order valence-corrected chi connectivity index (χ0v) is 8.85. The van der Waals surface area contributed by atoms with Gasteiger partial charge in [-0.1, -0.05) is 6.07 Å². The second-order valence-corrected chi connectivity index (χ2v) is 3.84. The van der Waals surface area contributed by atoms with Crippen LogP contribution in [-0.4, -0.2) is 30.3 Å². The first-order valence-electron chi connectivity index (χ1n) is 4.25. The number of aliphatic hydroxyl groups is 1. The molecule has 2 heterocycles. The maximum Gasteiger partial charge on any atom is 0.215 e. The highest BCUT2D eigenvalue weighted by Crippen LogP contribution is 2.22. The fraction of sp³-hybridized carbons (Fsp3) is 0.250. The van der Waals surface area contributed by atoms with Gasteiger partial charge in [-0.3, -0.25) is 0 Å². The summed E-state index contributed by atoms with van der Waals surface area (Å²) in [6.07, 6.45) is 1.63. The lowest BCUT2D eigenvalue weighted by atomic mass is 10.3. The molecule has 6 nitrogen and oxygen atoms in total. The van der Waals surface area contributed by atoms with Crippen LogP contribution in [0.2, 0.25) is 0 Å². The summed E-state index contributed by atoms with van der Waals surface area (Å²) in [4.78, 5) is 4.16. The van der Waals surface area contributed by atoms with Crippen LogP contribution in [0.25, 0.3) is 0 Å².